The molecular formula is C47H38O4. The van der Waals surface area contributed by atoms with Crippen LogP contribution in [0.4, 0.5) is 0 Å². The molecule has 0 saturated carbocycles. The van der Waals surface area contributed by atoms with Gasteiger partial charge in [0, 0.05) is 5.41 Å². The maximum Gasteiger partial charge on any atom is 0.320 e. The number of benzene rings is 6. The smallest absolute Gasteiger partial charge is 0.320 e. The first-order valence-corrected chi connectivity index (χ1v) is 17.8. The summed E-state index contributed by atoms with van der Waals surface area (Å²) in [5.41, 5.74) is 10.6. The third kappa shape index (κ3) is 4.14. The van der Waals surface area contributed by atoms with Crippen LogP contribution in [0.3, 0.4) is 0 Å². The molecule has 0 bridgehead atoms. The van der Waals surface area contributed by atoms with Crippen LogP contribution in [0.5, 0.6) is 0 Å². The molecule has 4 heteroatoms. The Bertz CT molecular complexity index is 2110. The topological polar surface area (TPSA) is 52.6 Å². The zero-order valence-corrected chi connectivity index (χ0v) is 28.8. The molecule has 0 aliphatic heterocycles. The summed E-state index contributed by atoms with van der Waals surface area (Å²) in [4.78, 5) is 28.8. The molecule has 250 valence electrons. The average molecular weight is 667 g/mol. The van der Waals surface area contributed by atoms with Crippen molar-refractivity contribution in [3.8, 4) is 33.4 Å². The van der Waals surface area contributed by atoms with Gasteiger partial charge in [0.05, 0.1) is 14.2 Å². The fraction of sp³-hybridized carbons (Fsp3) is 0.191. The van der Waals surface area contributed by atoms with Gasteiger partial charge in [-0.15, -0.1) is 0 Å². The Morgan fingerprint density at radius 3 is 0.882 bits per heavy atom. The number of carbonyl (C=O) groups excluding carboxylic acids is 2. The monoisotopic (exact) mass is 666 g/mol. The second kappa shape index (κ2) is 11.7. The van der Waals surface area contributed by atoms with Crippen molar-refractivity contribution in [1.82, 2.24) is 0 Å². The molecule has 3 aliphatic carbocycles. The number of hydrogen-bond donors (Lipinski definition) is 0. The van der Waals surface area contributed by atoms with E-state index in [1.54, 1.807) is 0 Å². The van der Waals surface area contributed by atoms with Gasteiger partial charge in [0.15, 0.2) is 0 Å². The van der Waals surface area contributed by atoms with Gasteiger partial charge >= 0.3 is 11.9 Å². The van der Waals surface area contributed by atoms with Crippen molar-refractivity contribution in [2.75, 3.05) is 14.2 Å². The van der Waals surface area contributed by atoms with Gasteiger partial charge in [-0.1, -0.05) is 146 Å². The summed E-state index contributed by atoms with van der Waals surface area (Å²) in [6, 6.07) is 50.4. The maximum absolute atomic E-state index is 14.4. The number of esters is 2. The standard InChI is InChI=1S/C47H38O4/c1-50-43(48)46(39-23-11-5-17-33(39)34-18-6-12-24-40(34)46)29-27-45(37-21-9-3-15-31(37)32-16-4-10-22-38(32)45)28-30-47(44(49)51-2)41-25-13-7-19-35(41)36-20-8-14-26-42(36)47/h3-26H,27-30H2,1-2H3. The first-order chi connectivity index (χ1) is 25.0. The molecule has 51 heavy (non-hydrogen) atoms. The molecule has 0 aromatic heterocycles. The number of hydrogen-bond acceptors (Lipinski definition) is 4. The highest BCUT2D eigenvalue weighted by molar-refractivity contribution is 5.99. The van der Waals surface area contributed by atoms with Crippen LogP contribution in [0, 0.1) is 0 Å². The van der Waals surface area contributed by atoms with E-state index in [0.29, 0.717) is 25.7 Å². The van der Waals surface area contributed by atoms with E-state index < -0.39 is 16.2 Å². The number of rotatable bonds is 8. The van der Waals surface area contributed by atoms with Crippen molar-refractivity contribution in [1.29, 1.82) is 0 Å². The lowest BCUT2D eigenvalue weighted by molar-refractivity contribution is -0.146. The number of methoxy groups -OCH3 is 2. The van der Waals surface area contributed by atoms with Crippen LogP contribution in [0.2, 0.25) is 0 Å². The van der Waals surface area contributed by atoms with E-state index in [2.05, 4.69) is 97.1 Å². The maximum atomic E-state index is 14.4. The number of fused-ring (bicyclic) bond motifs is 9. The molecule has 0 saturated heterocycles. The Kier molecular flexibility index (Phi) is 7.15. The van der Waals surface area contributed by atoms with Crippen molar-refractivity contribution in [3.05, 3.63) is 179 Å². The minimum absolute atomic E-state index is 0.251. The third-order valence-electron chi connectivity index (χ3n) is 12.2. The normalized spacial score (nSPS) is 15.8. The van der Waals surface area contributed by atoms with E-state index in [-0.39, 0.29) is 11.9 Å². The predicted molar refractivity (Wildman–Crippen MR) is 200 cm³/mol. The van der Waals surface area contributed by atoms with E-state index in [9.17, 15) is 9.59 Å². The van der Waals surface area contributed by atoms with Crippen molar-refractivity contribution < 1.29 is 19.1 Å². The molecule has 0 unspecified atom stereocenters. The van der Waals surface area contributed by atoms with Crippen LogP contribution in [0.1, 0.15) is 59.1 Å². The highest BCUT2D eigenvalue weighted by atomic mass is 16.5. The molecule has 0 fully saturated rings. The minimum Gasteiger partial charge on any atom is -0.468 e. The van der Waals surface area contributed by atoms with Gasteiger partial charge in [0.2, 0.25) is 0 Å². The summed E-state index contributed by atoms with van der Waals surface area (Å²) >= 11 is 0. The number of carbonyl (C=O) groups is 2. The van der Waals surface area contributed by atoms with Gasteiger partial charge in [-0.3, -0.25) is 9.59 Å². The van der Waals surface area contributed by atoms with Crippen molar-refractivity contribution in [3.63, 3.8) is 0 Å². The molecule has 0 spiro atoms. The highest BCUT2D eigenvalue weighted by Gasteiger charge is 2.55. The lowest BCUT2D eigenvalue weighted by Gasteiger charge is -2.39. The first kappa shape index (κ1) is 31.3. The van der Waals surface area contributed by atoms with Crippen molar-refractivity contribution >= 4 is 11.9 Å². The molecule has 4 nitrogen and oxygen atoms in total. The molecule has 0 amide bonds. The second-order valence-electron chi connectivity index (χ2n) is 14.1. The molecule has 6 aromatic carbocycles. The summed E-state index contributed by atoms with van der Waals surface area (Å²) in [7, 11) is 3.00. The average Bonchev–Trinajstić information content (AvgIpc) is 3.77. The van der Waals surface area contributed by atoms with Crippen LogP contribution in [-0.4, -0.2) is 26.2 Å². The van der Waals surface area contributed by atoms with E-state index in [1.807, 2.05) is 48.5 Å². The first-order valence-electron chi connectivity index (χ1n) is 17.8. The zero-order chi connectivity index (χ0) is 34.8. The van der Waals surface area contributed by atoms with E-state index in [4.69, 9.17) is 9.47 Å². The van der Waals surface area contributed by atoms with Crippen LogP contribution in [0.15, 0.2) is 146 Å². The lowest BCUT2D eigenvalue weighted by Crippen LogP contribution is -2.41. The van der Waals surface area contributed by atoms with Gasteiger partial charge in [0.1, 0.15) is 10.8 Å². The molecule has 3 aliphatic rings. The zero-order valence-electron chi connectivity index (χ0n) is 28.8. The van der Waals surface area contributed by atoms with Gasteiger partial charge in [-0.05, 0) is 92.4 Å². The second-order valence-corrected chi connectivity index (χ2v) is 14.1. The van der Waals surface area contributed by atoms with E-state index >= 15 is 0 Å². The summed E-state index contributed by atoms with van der Waals surface area (Å²) in [6.45, 7) is 0. The molecule has 6 aromatic rings. The Morgan fingerprint density at radius 2 is 0.608 bits per heavy atom. The van der Waals surface area contributed by atoms with Gasteiger partial charge < -0.3 is 9.47 Å². The Hall–Kier alpha value is -5.74. The minimum atomic E-state index is -0.992. The molecule has 0 heterocycles. The molecule has 0 N–H and O–H groups in total. The molecule has 9 rings (SSSR count). The van der Waals surface area contributed by atoms with Gasteiger partial charge in [-0.25, -0.2) is 0 Å². The van der Waals surface area contributed by atoms with Gasteiger partial charge in [0.25, 0.3) is 0 Å². The summed E-state index contributed by atoms with van der Waals surface area (Å²) in [5, 5.41) is 0. The molecular weight excluding hydrogens is 629 g/mol. The molecule has 0 radical (unpaired) electrons. The summed E-state index contributed by atoms with van der Waals surface area (Å²) in [6.07, 6.45) is 2.35. The summed E-state index contributed by atoms with van der Waals surface area (Å²) in [5.74, 6) is -0.501. The molecule has 0 atom stereocenters. The summed E-state index contributed by atoms with van der Waals surface area (Å²) < 4.78 is 11.4. The van der Waals surface area contributed by atoms with E-state index in [0.717, 1.165) is 44.5 Å². The predicted octanol–water partition coefficient (Wildman–Crippen LogP) is 9.79. The largest absolute Gasteiger partial charge is 0.468 e. The Labute approximate surface area is 298 Å². The quantitative estimate of drug-likeness (QED) is 0.152. The van der Waals surface area contributed by atoms with Crippen molar-refractivity contribution in [2.24, 2.45) is 0 Å². The Morgan fingerprint density at radius 1 is 0.373 bits per heavy atom. The third-order valence-corrected chi connectivity index (χ3v) is 12.2. The van der Waals surface area contributed by atoms with Gasteiger partial charge in [-0.2, -0.15) is 0 Å². The lowest BCUT2D eigenvalue weighted by atomic mass is 9.63. The van der Waals surface area contributed by atoms with Crippen LogP contribution in [0.25, 0.3) is 33.4 Å². The van der Waals surface area contributed by atoms with Crippen LogP contribution < -0.4 is 0 Å². The number of ether oxygens (including phenoxy) is 2. The van der Waals surface area contributed by atoms with Crippen LogP contribution >= 0.6 is 0 Å². The fourth-order valence-electron chi connectivity index (χ4n) is 10.1. The fourth-order valence-corrected chi connectivity index (χ4v) is 10.1. The van der Waals surface area contributed by atoms with Crippen LogP contribution in [-0.2, 0) is 35.3 Å². The Balaban J connectivity index is 1.24. The SMILES string of the molecule is COC(=O)C1(CCC2(CCC3(C(=O)OC)c4ccccc4-c4ccccc43)c3ccccc3-c3ccccc32)c2ccccc2-c2ccccc21. The van der Waals surface area contributed by atoms with E-state index in [1.165, 1.54) is 36.5 Å². The van der Waals surface area contributed by atoms with Crippen molar-refractivity contribution in [2.45, 2.75) is 41.9 Å². The highest BCUT2D eigenvalue weighted by Crippen LogP contribution is 2.60.